The van der Waals surface area contributed by atoms with Gasteiger partial charge in [0, 0.05) is 33.2 Å². The van der Waals surface area contributed by atoms with Gasteiger partial charge in [0.15, 0.2) is 40.5 Å². The number of aromatic nitrogens is 3. The summed E-state index contributed by atoms with van der Waals surface area (Å²) < 4.78 is 13.6. The second-order valence-corrected chi connectivity index (χ2v) is 14.7. The fourth-order valence-corrected chi connectivity index (χ4v) is 8.21. The van der Waals surface area contributed by atoms with E-state index >= 15 is 0 Å². The lowest BCUT2D eigenvalue weighted by atomic mass is 9.90. The Morgan fingerprint density at radius 2 is 0.879 bits per heavy atom. The Labute approximate surface area is 336 Å². The molecule has 58 heavy (non-hydrogen) atoms. The lowest BCUT2D eigenvalue weighted by Crippen LogP contribution is -2.06. The van der Waals surface area contributed by atoms with Crippen molar-refractivity contribution in [2.45, 2.75) is 12.8 Å². The molecule has 0 N–H and O–H groups in total. The van der Waals surface area contributed by atoms with Gasteiger partial charge in [-0.15, -0.1) is 0 Å². The quantitative estimate of drug-likeness (QED) is 0.170. The predicted octanol–water partition coefficient (Wildman–Crippen LogP) is 13.9. The number of aryl methyl sites for hydroxylation is 1. The van der Waals surface area contributed by atoms with Crippen LogP contribution in [-0.4, -0.2) is 15.0 Å². The molecule has 2 heterocycles. The van der Waals surface area contributed by atoms with Crippen molar-refractivity contribution in [2.24, 2.45) is 0 Å². The van der Waals surface area contributed by atoms with E-state index in [9.17, 15) is 0 Å². The molecular weight excluding hydrogens is 711 g/mol. The third kappa shape index (κ3) is 6.01. The number of allylic oxidation sites excluding steroid dienone is 1. The van der Waals surface area contributed by atoms with Gasteiger partial charge in [0.05, 0.1) is 0 Å². The van der Waals surface area contributed by atoms with E-state index in [4.69, 9.17) is 24.4 Å². The number of rotatable bonds is 6. The zero-order chi connectivity index (χ0) is 38.4. The highest BCUT2D eigenvalue weighted by atomic mass is 16.6. The molecule has 1 aliphatic heterocycles. The lowest BCUT2D eigenvalue weighted by Gasteiger charge is -2.28. The molecule has 1 aliphatic carbocycles. The van der Waals surface area contributed by atoms with Crippen LogP contribution in [0, 0.1) is 0 Å². The topological polar surface area (TPSA) is 57.1 Å². The molecule has 0 radical (unpaired) electrons. The van der Waals surface area contributed by atoms with Gasteiger partial charge in [-0.2, -0.15) is 0 Å². The van der Waals surface area contributed by atoms with Gasteiger partial charge in [0.25, 0.3) is 0 Å². The Balaban J connectivity index is 0.942. The zero-order valence-electron chi connectivity index (χ0n) is 31.5. The van der Waals surface area contributed by atoms with Crippen LogP contribution in [0.5, 0.6) is 23.0 Å². The summed E-state index contributed by atoms with van der Waals surface area (Å²) in [5.41, 5.74) is 11.7. The first kappa shape index (κ1) is 33.7. The molecule has 0 saturated carbocycles. The van der Waals surface area contributed by atoms with Crippen molar-refractivity contribution >= 4 is 16.8 Å². The zero-order valence-corrected chi connectivity index (χ0v) is 31.5. The second-order valence-electron chi connectivity index (χ2n) is 14.7. The van der Waals surface area contributed by atoms with Gasteiger partial charge in [0.1, 0.15) is 0 Å². The van der Waals surface area contributed by atoms with Gasteiger partial charge in [-0.05, 0) is 75.9 Å². The van der Waals surface area contributed by atoms with Crippen LogP contribution in [0.15, 0.2) is 182 Å². The Kier molecular flexibility index (Phi) is 8.21. The van der Waals surface area contributed by atoms with E-state index < -0.39 is 0 Å². The first-order chi connectivity index (χ1) is 28.7. The fraction of sp³-hybridized carbons (Fsp3) is 0.0377. The van der Waals surface area contributed by atoms with E-state index in [0.29, 0.717) is 17.5 Å². The number of benzene rings is 8. The van der Waals surface area contributed by atoms with Crippen molar-refractivity contribution in [1.29, 1.82) is 0 Å². The van der Waals surface area contributed by atoms with Gasteiger partial charge < -0.3 is 9.47 Å². The standard InChI is InChI=1S/C53H35N3O2/c1-3-15-34(16-4-1)51-54-52(35-17-5-2-6-18-35)56-53(55-51)41-24-13-22-39(33-41)37-20-11-19-36(31-37)38-21-12-23-40(32-38)42-29-14-30-47-48(42)58-50-46-28-10-8-26-44(46)43-25-7-9-27-45(43)49(50)57-47/h1-6,8-24,26-33H,7,25H2. The summed E-state index contributed by atoms with van der Waals surface area (Å²) in [4.78, 5) is 14.8. The highest BCUT2D eigenvalue weighted by molar-refractivity contribution is 5.99. The van der Waals surface area contributed by atoms with Gasteiger partial charge >= 0.3 is 0 Å². The Morgan fingerprint density at radius 1 is 0.379 bits per heavy atom. The smallest absolute Gasteiger partial charge is 0.178 e. The minimum Gasteiger partial charge on any atom is -0.449 e. The highest BCUT2D eigenvalue weighted by Crippen LogP contribution is 2.55. The first-order valence-electron chi connectivity index (χ1n) is 19.6. The molecule has 0 fully saturated rings. The van der Waals surface area contributed by atoms with Crippen molar-refractivity contribution < 1.29 is 9.47 Å². The van der Waals surface area contributed by atoms with Crippen molar-refractivity contribution in [2.75, 3.05) is 0 Å². The largest absolute Gasteiger partial charge is 0.449 e. The predicted molar refractivity (Wildman–Crippen MR) is 234 cm³/mol. The summed E-state index contributed by atoms with van der Waals surface area (Å²) in [5, 5.41) is 2.30. The van der Waals surface area contributed by atoms with Crippen molar-refractivity contribution in [3.63, 3.8) is 0 Å². The monoisotopic (exact) mass is 745 g/mol. The summed E-state index contributed by atoms with van der Waals surface area (Å²) in [6.07, 6.45) is 6.42. The molecule has 0 atom stereocenters. The van der Waals surface area contributed by atoms with Gasteiger partial charge in [-0.3, -0.25) is 0 Å². The van der Waals surface area contributed by atoms with Crippen molar-refractivity contribution in [1.82, 2.24) is 15.0 Å². The molecule has 0 unspecified atom stereocenters. The maximum atomic E-state index is 6.90. The van der Waals surface area contributed by atoms with E-state index in [1.165, 1.54) is 10.9 Å². The third-order valence-corrected chi connectivity index (χ3v) is 11.0. The molecule has 5 nitrogen and oxygen atoms in total. The molecule has 0 bridgehead atoms. The Morgan fingerprint density at radius 3 is 1.53 bits per heavy atom. The summed E-state index contributed by atoms with van der Waals surface area (Å²) in [6, 6.07) is 60.6. The molecule has 0 saturated heterocycles. The number of nitrogens with zero attached hydrogens (tertiary/aromatic N) is 3. The SMILES string of the molecule is C1=Cc2c3c(c4ccccc4c2CC1)Oc1c(cccc1-c1cccc(-c2cccc(-c4cccc(-c5nc(-c6ccccc6)nc(-c6ccccc6)n5)c4)c2)c1)O3. The number of fused-ring (bicyclic) bond motifs is 7. The van der Waals surface area contributed by atoms with Crippen LogP contribution in [0.1, 0.15) is 17.5 Å². The van der Waals surface area contributed by atoms with Crippen LogP contribution in [0.25, 0.3) is 84.4 Å². The minimum absolute atomic E-state index is 0.628. The molecule has 11 rings (SSSR count). The van der Waals surface area contributed by atoms with Gasteiger partial charge in [0.2, 0.25) is 0 Å². The average molecular weight is 746 g/mol. The highest BCUT2D eigenvalue weighted by Gasteiger charge is 2.29. The van der Waals surface area contributed by atoms with E-state index in [2.05, 4.69) is 115 Å². The number of hydrogen-bond acceptors (Lipinski definition) is 5. The molecule has 0 amide bonds. The molecule has 1 aromatic heterocycles. The van der Waals surface area contributed by atoms with Gasteiger partial charge in [-0.1, -0.05) is 164 Å². The summed E-state index contributed by atoms with van der Waals surface area (Å²) >= 11 is 0. The molecule has 9 aromatic rings. The molecule has 0 spiro atoms. The molecule has 5 heteroatoms. The average Bonchev–Trinajstić information content (AvgIpc) is 3.31. The van der Waals surface area contributed by atoms with Crippen molar-refractivity contribution in [3.05, 3.63) is 193 Å². The summed E-state index contributed by atoms with van der Waals surface area (Å²) in [6.45, 7) is 0. The third-order valence-electron chi connectivity index (χ3n) is 11.0. The maximum Gasteiger partial charge on any atom is 0.178 e. The molecular formula is C53H35N3O2. The summed E-state index contributed by atoms with van der Waals surface area (Å²) in [5.74, 6) is 4.93. The van der Waals surface area contributed by atoms with E-state index in [0.717, 1.165) is 96.9 Å². The van der Waals surface area contributed by atoms with Crippen LogP contribution < -0.4 is 9.47 Å². The molecule has 2 aliphatic rings. The number of para-hydroxylation sites is 1. The minimum atomic E-state index is 0.628. The Bertz CT molecular complexity index is 3010. The molecule has 8 aromatic carbocycles. The normalized spacial score (nSPS) is 12.6. The molecule has 274 valence electrons. The fourth-order valence-electron chi connectivity index (χ4n) is 8.21. The van der Waals surface area contributed by atoms with Crippen LogP contribution in [-0.2, 0) is 6.42 Å². The van der Waals surface area contributed by atoms with Crippen LogP contribution in [0.3, 0.4) is 0 Å². The summed E-state index contributed by atoms with van der Waals surface area (Å²) in [7, 11) is 0. The number of hydrogen-bond donors (Lipinski definition) is 0. The maximum absolute atomic E-state index is 6.90. The van der Waals surface area contributed by atoms with E-state index in [-0.39, 0.29) is 0 Å². The Hall–Kier alpha value is -7.63. The van der Waals surface area contributed by atoms with Gasteiger partial charge in [-0.25, -0.2) is 15.0 Å². The van der Waals surface area contributed by atoms with Crippen LogP contribution in [0.2, 0.25) is 0 Å². The second kappa shape index (κ2) is 14.1. The number of ether oxygens (including phenoxy) is 2. The van der Waals surface area contributed by atoms with E-state index in [1.807, 2.05) is 72.8 Å². The van der Waals surface area contributed by atoms with Crippen LogP contribution in [0.4, 0.5) is 0 Å². The van der Waals surface area contributed by atoms with E-state index in [1.54, 1.807) is 0 Å². The van der Waals surface area contributed by atoms with Crippen LogP contribution >= 0.6 is 0 Å². The lowest BCUT2D eigenvalue weighted by molar-refractivity contribution is 0.363. The van der Waals surface area contributed by atoms with Crippen molar-refractivity contribution in [3.8, 4) is 90.5 Å². The first-order valence-corrected chi connectivity index (χ1v) is 19.6.